The van der Waals surface area contributed by atoms with Crippen LogP contribution in [-0.2, 0) is 0 Å². The van der Waals surface area contributed by atoms with Crippen LogP contribution in [0.5, 0.6) is 0 Å². The largest absolute Gasteiger partial charge is 0.204 e. The van der Waals surface area contributed by atoms with Gasteiger partial charge in [-0.1, -0.05) is 18.2 Å². The maximum absolute atomic E-state index is 13.2. The van der Waals surface area contributed by atoms with Gasteiger partial charge >= 0.3 is 0 Å². The van der Waals surface area contributed by atoms with E-state index < -0.39 is 23.3 Å². The summed E-state index contributed by atoms with van der Waals surface area (Å²) < 4.78 is 51.6. The van der Waals surface area contributed by atoms with Crippen molar-refractivity contribution in [3.8, 4) is 0 Å². The van der Waals surface area contributed by atoms with Crippen molar-refractivity contribution in [2.75, 3.05) is 0 Å². The van der Waals surface area contributed by atoms with Crippen LogP contribution in [0.15, 0.2) is 24.3 Å². The van der Waals surface area contributed by atoms with E-state index in [1.54, 1.807) is 12.2 Å². The Morgan fingerprint density at radius 1 is 0.933 bits per heavy atom. The molecule has 0 spiro atoms. The summed E-state index contributed by atoms with van der Waals surface area (Å²) in [6.45, 7) is 0. The van der Waals surface area contributed by atoms with Crippen molar-refractivity contribution in [3.05, 3.63) is 53.1 Å². The van der Waals surface area contributed by atoms with Gasteiger partial charge < -0.3 is 0 Å². The smallest absolute Gasteiger partial charge is 0.198 e. The zero-order valence-electron chi connectivity index (χ0n) is 7.53. The minimum atomic E-state index is -1.78. The van der Waals surface area contributed by atoms with E-state index in [-0.39, 0.29) is 5.56 Å². The van der Waals surface area contributed by atoms with Gasteiger partial charge in [0.25, 0.3) is 0 Å². The van der Waals surface area contributed by atoms with Gasteiger partial charge in [0.2, 0.25) is 0 Å². The lowest BCUT2D eigenvalue weighted by molar-refractivity contribution is 0.408. The highest BCUT2D eigenvalue weighted by atomic mass is 19.2. The minimum Gasteiger partial charge on any atom is -0.204 e. The third kappa shape index (κ3) is 1.56. The van der Waals surface area contributed by atoms with Crippen molar-refractivity contribution < 1.29 is 17.6 Å². The molecule has 0 fully saturated rings. The summed E-state index contributed by atoms with van der Waals surface area (Å²) in [6, 6.07) is 0.662. The summed E-state index contributed by atoms with van der Waals surface area (Å²) in [4.78, 5) is 0. The van der Waals surface area contributed by atoms with Gasteiger partial charge in [0, 0.05) is 5.56 Å². The molecule has 0 bridgehead atoms. The number of rotatable bonds is 1. The summed E-state index contributed by atoms with van der Waals surface area (Å²) in [7, 11) is 0. The van der Waals surface area contributed by atoms with Crippen LogP contribution in [0.25, 0.3) is 5.57 Å². The van der Waals surface area contributed by atoms with Gasteiger partial charge in [-0.15, -0.1) is 0 Å². The fourth-order valence-electron chi connectivity index (χ4n) is 1.44. The number of allylic oxidation sites excluding steroid dienone is 4. The van der Waals surface area contributed by atoms with E-state index >= 15 is 0 Å². The Morgan fingerprint density at radius 2 is 1.67 bits per heavy atom. The molecule has 1 aromatic carbocycles. The molecule has 1 aliphatic carbocycles. The van der Waals surface area contributed by atoms with Crippen LogP contribution in [0.4, 0.5) is 17.6 Å². The molecule has 0 saturated heterocycles. The van der Waals surface area contributed by atoms with E-state index in [0.717, 1.165) is 0 Å². The molecule has 4 heteroatoms. The average molecular weight is 214 g/mol. The van der Waals surface area contributed by atoms with Gasteiger partial charge in [-0.2, -0.15) is 0 Å². The molecule has 0 unspecified atom stereocenters. The first-order valence-electron chi connectivity index (χ1n) is 4.31. The molecule has 0 amide bonds. The Bertz CT molecular complexity index is 472. The Balaban J connectivity index is 2.63. The molecule has 0 nitrogen and oxygen atoms in total. The van der Waals surface area contributed by atoms with Gasteiger partial charge in [0.05, 0.1) is 0 Å². The molecule has 78 valence electrons. The monoisotopic (exact) mass is 214 g/mol. The SMILES string of the molecule is Fc1cc(C2=CCC=C2)c(F)c(F)c1F. The molecule has 0 saturated carbocycles. The van der Waals surface area contributed by atoms with Crippen LogP contribution in [0, 0.1) is 23.3 Å². The van der Waals surface area contributed by atoms with Crippen molar-refractivity contribution in [1.82, 2.24) is 0 Å². The number of hydrogen-bond acceptors (Lipinski definition) is 0. The first-order chi connectivity index (χ1) is 7.11. The predicted octanol–water partition coefficient (Wildman–Crippen LogP) is 3.59. The average Bonchev–Trinajstić information content (AvgIpc) is 2.73. The van der Waals surface area contributed by atoms with E-state index in [1.807, 2.05) is 0 Å². The maximum atomic E-state index is 13.2. The fraction of sp³-hybridized carbons (Fsp3) is 0.0909. The van der Waals surface area contributed by atoms with Gasteiger partial charge in [0.15, 0.2) is 23.3 Å². The fourth-order valence-corrected chi connectivity index (χ4v) is 1.44. The molecule has 1 aromatic rings. The normalized spacial score (nSPS) is 14.5. The number of benzene rings is 1. The van der Waals surface area contributed by atoms with Crippen LogP contribution in [0.3, 0.4) is 0 Å². The Hall–Kier alpha value is -1.58. The molecule has 0 N–H and O–H groups in total. The van der Waals surface area contributed by atoms with Crippen molar-refractivity contribution >= 4 is 5.57 Å². The van der Waals surface area contributed by atoms with Gasteiger partial charge in [-0.05, 0) is 18.1 Å². The second-order valence-corrected chi connectivity index (χ2v) is 3.15. The molecule has 15 heavy (non-hydrogen) atoms. The molecule has 0 heterocycles. The molecular formula is C11H6F4. The first kappa shape index (κ1) is 9.96. The van der Waals surface area contributed by atoms with E-state index in [0.29, 0.717) is 18.1 Å². The molecule has 0 atom stereocenters. The highest BCUT2D eigenvalue weighted by Crippen LogP contribution is 2.27. The predicted molar refractivity (Wildman–Crippen MR) is 48.0 cm³/mol. The summed E-state index contributed by atoms with van der Waals surface area (Å²) in [5.41, 5.74) is 0.116. The highest BCUT2D eigenvalue weighted by Gasteiger charge is 2.20. The standard InChI is InChI=1S/C11H6F4/c12-8-5-7(6-3-1-2-4-6)9(13)11(15)10(8)14/h1,3-5H,2H2. The van der Waals surface area contributed by atoms with E-state index in [1.165, 1.54) is 6.08 Å². The van der Waals surface area contributed by atoms with Crippen molar-refractivity contribution in [2.45, 2.75) is 6.42 Å². The van der Waals surface area contributed by atoms with E-state index in [4.69, 9.17) is 0 Å². The van der Waals surface area contributed by atoms with Crippen LogP contribution in [0.1, 0.15) is 12.0 Å². The highest BCUT2D eigenvalue weighted by molar-refractivity contribution is 5.76. The zero-order valence-corrected chi connectivity index (χ0v) is 7.53. The third-order valence-corrected chi connectivity index (χ3v) is 2.18. The molecule has 0 aromatic heterocycles. The number of hydrogen-bond donors (Lipinski definition) is 0. The quantitative estimate of drug-likeness (QED) is 0.380. The van der Waals surface area contributed by atoms with Crippen LogP contribution in [0.2, 0.25) is 0 Å². The third-order valence-electron chi connectivity index (χ3n) is 2.18. The molecule has 0 radical (unpaired) electrons. The topological polar surface area (TPSA) is 0 Å². The van der Waals surface area contributed by atoms with E-state index in [2.05, 4.69) is 0 Å². The lowest BCUT2D eigenvalue weighted by Crippen LogP contribution is -2.00. The second-order valence-electron chi connectivity index (χ2n) is 3.15. The minimum absolute atomic E-state index is 0.250. The summed E-state index contributed by atoms with van der Waals surface area (Å²) >= 11 is 0. The van der Waals surface area contributed by atoms with Crippen LogP contribution in [-0.4, -0.2) is 0 Å². The van der Waals surface area contributed by atoms with Crippen LogP contribution >= 0.6 is 0 Å². The summed E-state index contributed by atoms with van der Waals surface area (Å²) in [5.74, 6) is -6.29. The molecular weight excluding hydrogens is 208 g/mol. The molecule has 0 aliphatic heterocycles. The van der Waals surface area contributed by atoms with E-state index in [9.17, 15) is 17.6 Å². The summed E-state index contributed by atoms with van der Waals surface area (Å²) in [5, 5.41) is 0. The zero-order chi connectivity index (χ0) is 11.0. The second kappa shape index (κ2) is 3.53. The van der Waals surface area contributed by atoms with Gasteiger partial charge in [-0.3, -0.25) is 0 Å². The molecule has 1 aliphatic rings. The first-order valence-corrected chi connectivity index (χ1v) is 4.31. The van der Waals surface area contributed by atoms with Gasteiger partial charge in [0.1, 0.15) is 0 Å². The lowest BCUT2D eigenvalue weighted by atomic mass is 10.1. The number of halogens is 4. The molecule has 2 rings (SSSR count). The Kier molecular flexibility index (Phi) is 2.34. The van der Waals surface area contributed by atoms with Crippen molar-refractivity contribution in [1.29, 1.82) is 0 Å². The summed E-state index contributed by atoms with van der Waals surface area (Å²) in [6.07, 6.45) is 5.44. The van der Waals surface area contributed by atoms with Crippen molar-refractivity contribution in [2.24, 2.45) is 0 Å². The maximum Gasteiger partial charge on any atom is 0.198 e. The van der Waals surface area contributed by atoms with Gasteiger partial charge in [-0.25, -0.2) is 17.6 Å². The Labute approximate surface area is 83.5 Å². The Morgan fingerprint density at radius 3 is 2.27 bits per heavy atom. The van der Waals surface area contributed by atoms with Crippen LogP contribution < -0.4 is 0 Å². The lowest BCUT2D eigenvalue weighted by Gasteiger charge is -2.05. The van der Waals surface area contributed by atoms with Crippen molar-refractivity contribution in [3.63, 3.8) is 0 Å².